The lowest BCUT2D eigenvalue weighted by molar-refractivity contribution is -0.119. The van der Waals surface area contributed by atoms with Gasteiger partial charge in [0.05, 0.1) is 13.2 Å². The van der Waals surface area contributed by atoms with Gasteiger partial charge in [0.15, 0.2) is 0 Å². The van der Waals surface area contributed by atoms with E-state index in [1.165, 1.54) is 0 Å². The summed E-state index contributed by atoms with van der Waals surface area (Å²) in [5.74, 6) is 1.80. The van der Waals surface area contributed by atoms with Gasteiger partial charge in [-0.15, -0.1) is 0 Å². The number of nitrogens with zero attached hydrogens (tertiary/aromatic N) is 3. The van der Waals surface area contributed by atoms with E-state index in [1.54, 1.807) is 18.1 Å². The molecule has 0 bridgehead atoms. The van der Waals surface area contributed by atoms with Crippen LogP contribution in [0.3, 0.4) is 0 Å². The highest BCUT2D eigenvalue weighted by atomic mass is 35.5. The van der Waals surface area contributed by atoms with Gasteiger partial charge in [-0.1, -0.05) is 11.6 Å². The van der Waals surface area contributed by atoms with Crippen LogP contribution in [0.5, 0.6) is 0 Å². The van der Waals surface area contributed by atoms with Crippen LogP contribution in [0.2, 0.25) is 5.15 Å². The molecule has 110 valence electrons. The van der Waals surface area contributed by atoms with E-state index in [-0.39, 0.29) is 12.5 Å². The summed E-state index contributed by atoms with van der Waals surface area (Å²) < 4.78 is 4.88. The minimum atomic E-state index is -0.0766. The van der Waals surface area contributed by atoms with Crippen molar-refractivity contribution in [1.82, 2.24) is 15.3 Å². The number of aromatic nitrogens is 2. The first-order valence-electron chi connectivity index (χ1n) is 6.61. The Bertz CT molecular complexity index is 479. The summed E-state index contributed by atoms with van der Waals surface area (Å²) in [7, 11) is 3.41. The van der Waals surface area contributed by atoms with Crippen molar-refractivity contribution >= 4 is 23.3 Å². The number of amides is 1. The van der Waals surface area contributed by atoms with E-state index in [0.717, 1.165) is 18.7 Å². The van der Waals surface area contributed by atoms with Crippen LogP contribution in [0.4, 0.5) is 5.82 Å². The Balaban J connectivity index is 1.94. The number of ether oxygens (including phenoxy) is 1. The molecule has 1 aliphatic rings. The topological polar surface area (TPSA) is 67.3 Å². The molecule has 1 heterocycles. The van der Waals surface area contributed by atoms with Gasteiger partial charge >= 0.3 is 0 Å². The number of carbonyl (C=O) groups excluding carboxylic acids is 1. The number of nitrogens with one attached hydrogen (secondary N) is 1. The number of carbonyl (C=O) groups is 1. The first-order chi connectivity index (χ1) is 9.60. The highest BCUT2D eigenvalue weighted by Gasteiger charge is 2.27. The summed E-state index contributed by atoms with van der Waals surface area (Å²) in [6, 6.07) is 1.68. The quantitative estimate of drug-likeness (QED) is 0.605. The molecule has 7 heteroatoms. The number of anilines is 1. The molecular formula is C13H19ClN4O2. The minimum absolute atomic E-state index is 0.0766. The fourth-order valence-electron chi connectivity index (χ4n) is 1.79. The molecule has 0 saturated heterocycles. The average molecular weight is 299 g/mol. The number of halogens is 1. The number of rotatable bonds is 7. The van der Waals surface area contributed by atoms with Crippen LogP contribution in [0, 0.1) is 0 Å². The zero-order valence-corrected chi connectivity index (χ0v) is 12.5. The highest BCUT2D eigenvalue weighted by molar-refractivity contribution is 6.29. The Morgan fingerprint density at radius 1 is 1.55 bits per heavy atom. The monoisotopic (exact) mass is 298 g/mol. The zero-order chi connectivity index (χ0) is 14.5. The maximum Gasteiger partial charge on any atom is 0.239 e. The van der Waals surface area contributed by atoms with Gasteiger partial charge in [-0.25, -0.2) is 9.97 Å². The van der Waals surface area contributed by atoms with Crippen molar-refractivity contribution in [2.24, 2.45) is 0 Å². The van der Waals surface area contributed by atoms with E-state index in [2.05, 4.69) is 15.3 Å². The summed E-state index contributed by atoms with van der Waals surface area (Å²) in [4.78, 5) is 22.2. The van der Waals surface area contributed by atoms with Crippen molar-refractivity contribution in [3.63, 3.8) is 0 Å². The molecule has 20 heavy (non-hydrogen) atoms. The van der Waals surface area contributed by atoms with Gasteiger partial charge in [-0.2, -0.15) is 0 Å². The summed E-state index contributed by atoms with van der Waals surface area (Å²) in [5, 5.41) is 3.19. The second-order valence-corrected chi connectivity index (χ2v) is 5.27. The number of likely N-dealkylation sites (N-methyl/N-ethyl adjacent to an activating group) is 1. The van der Waals surface area contributed by atoms with Crippen LogP contribution in [0.1, 0.15) is 24.6 Å². The van der Waals surface area contributed by atoms with Crippen molar-refractivity contribution in [3.05, 3.63) is 17.0 Å². The maximum absolute atomic E-state index is 11.7. The van der Waals surface area contributed by atoms with Gasteiger partial charge in [0.1, 0.15) is 16.8 Å². The van der Waals surface area contributed by atoms with E-state index >= 15 is 0 Å². The zero-order valence-electron chi connectivity index (χ0n) is 11.7. The molecule has 0 aromatic carbocycles. The molecule has 0 aliphatic heterocycles. The average Bonchev–Trinajstić information content (AvgIpc) is 3.22. The summed E-state index contributed by atoms with van der Waals surface area (Å²) in [6.07, 6.45) is 2.22. The van der Waals surface area contributed by atoms with E-state index < -0.39 is 0 Å². The van der Waals surface area contributed by atoms with Crippen LogP contribution < -0.4 is 10.2 Å². The third-order valence-electron chi connectivity index (χ3n) is 3.04. The highest BCUT2D eigenvalue weighted by Crippen LogP contribution is 2.38. The molecule has 1 aromatic rings. The first-order valence-corrected chi connectivity index (χ1v) is 6.99. The first kappa shape index (κ1) is 15.0. The Labute approximate surface area is 123 Å². The number of hydrogen-bond acceptors (Lipinski definition) is 5. The Kier molecular flexibility index (Phi) is 5.14. The summed E-state index contributed by atoms with van der Waals surface area (Å²) >= 11 is 6.01. The number of methoxy groups -OCH3 is 1. The predicted molar refractivity (Wildman–Crippen MR) is 77.2 cm³/mol. The van der Waals surface area contributed by atoms with Gasteiger partial charge < -0.3 is 15.0 Å². The molecule has 1 fully saturated rings. The smallest absolute Gasteiger partial charge is 0.239 e. The normalized spacial score (nSPS) is 14.2. The second-order valence-electron chi connectivity index (χ2n) is 4.88. The Hall–Kier alpha value is -1.40. The number of hydrogen-bond donors (Lipinski definition) is 1. The molecule has 1 aliphatic carbocycles. The molecule has 2 rings (SSSR count). The van der Waals surface area contributed by atoms with Gasteiger partial charge in [0.2, 0.25) is 5.91 Å². The van der Waals surface area contributed by atoms with Crippen molar-refractivity contribution < 1.29 is 9.53 Å². The van der Waals surface area contributed by atoms with Crippen molar-refractivity contribution in [1.29, 1.82) is 0 Å². The molecule has 1 aromatic heterocycles. The SMILES string of the molecule is COCCNC(=O)CN(C)c1cc(Cl)nc(C2CC2)n1. The molecule has 6 nitrogen and oxygen atoms in total. The van der Waals surface area contributed by atoms with Crippen LogP contribution >= 0.6 is 11.6 Å². The van der Waals surface area contributed by atoms with Crippen molar-refractivity contribution in [2.75, 3.05) is 38.8 Å². The van der Waals surface area contributed by atoms with Crippen molar-refractivity contribution in [3.8, 4) is 0 Å². The third-order valence-corrected chi connectivity index (χ3v) is 3.24. The predicted octanol–water partition coefficient (Wildman–Crippen LogP) is 1.21. The molecule has 0 radical (unpaired) electrons. The van der Waals surface area contributed by atoms with Gasteiger partial charge in [-0.3, -0.25) is 4.79 Å². The standard InChI is InChI=1S/C13H19ClN4O2/c1-18(8-12(19)15-5-6-20-2)11-7-10(14)16-13(17-11)9-3-4-9/h7,9H,3-6,8H2,1-2H3,(H,15,19). The molecule has 1 saturated carbocycles. The van der Waals surface area contributed by atoms with Crippen LogP contribution in [-0.2, 0) is 9.53 Å². The van der Waals surface area contributed by atoms with E-state index in [9.17, 15) is 4.79 Å². The van der Waals surface area contributed by atoms with Crippen LogP contribution in [0.15, 0.2) is 6.07 Å². The molecule has 0 unspecified atom stereocenters. The van der Waals surface area contributed by atoms with Crippen molar-refractivity contribution in [2.45, 2.75) is 18.8 Å². The fourth-order valence-corrected chi connectivity index (χ4v) is 1.97. The van der Waals surface area contributed by atoms with E-state index in [4.69, 9.17) is 16.3 Å². The molecule has 0 spiro atoms. The second kappa shape index (κ2) is 6.85. The van der Waals surface area contributed by atoms with Gasteiger partial charge in [0, 0.05) is 32.7 Å². The Morgan fingerprint density at radius 3 is 2.95 bits per heavy atom. The lowest BCUT2D eigenvalue weighted by Crippen LogP contribution is -2.37. The van der Waals surface area contributed by atoms with E-state index in [1.807, 2.05) is 7.05 Å². The van der Waals surface area contributed by atoms with Gasteiger partial charge in [0.25, 0.3) is 0 Å². The van der Waals surface area contributed by atoms with Gasteiger partial charge in [-0.05, 0) is 12.8 Å². The molecule has 1 amide bonds. The minimum Gasteiger partial charge on any atom is -0.383 e. The fraction of sp³-hybridized carbons (Fsp3) is 0.615. The lowest BCUT2D eigenvalue weighted by atomic mass is 10.4. The summed E-state index contributed by atoms with van der Waals surface area (Å²) in [5.41, 5.74) is 0. The largest absolute Gasteiger partial charge is 0.383 e. The lowest BCUT2D eigenvalue weighted by Gasteiger charge is -2.18. The molecule has 0 atom stereocenters. The van der Waals surface area contributed by atoms with Crippen LogP contribution in [-0.4, -0.2) is 49.7 Å². The Morgan fingerprint density at radius 2 is 2.30 bits per heavy atom. The van der Waals surface area contributed by atoms with Crippen LogP contribution in [0.25, 0.3) is 0 Å². The third kappa shape index (κ3) is 4.31. The molecule has 1 N–H and O–H groups in total. The summed E-state index contributed by atoms with van der Waals surface area (Å²) in [6.45, 7) is 1.23. The van der Waals surface area contributed by atoms with E-state index in [0.29, 0.717) is 30.0 Å². The molecular weight excluding hydrogens is 280 g/mol. The maximum atomic E-state index is 11.7.